The summed E-state index contributed by atoms with van der Waals surface area (Å²) in [5.41, 5.74) is 4.57. The van der Waals surface area contributed by atoms with Crippen molar-refractivity contribution in [3.8, 4) is 22.8 Å². The number of carbonyl (C=O) groups is 1. The second-order valence-electron chi connectivity index (χ2n) is 13.3. The van der Waals surface area contributed by atoms with E-state index in [1.807, 2.05) is 53.0 Å². The van der Waals surface area contributed by atoms with Gasteiger partial charge in [-0.05, 0) is 50.1 Å². The summed E-state index contributed by atoms with van der Waals surface area (Å²) in [6.45, 7) is 11.6. The maximum absolute atomic E-state index is 12.3. The number of fused-ring (bicyclic) bond motifs is 2. The van der Waals surface area contributed by atoms with E-state index in [1.54, 1.807) is 31.4 Å². The van der Waals surface area contributed by atoms with Crippen LogP contribution < -0.4 is 4.74 Å². The quantitative estimate of drug-likeness (QED) is 0.121. The first kappa shape index (κ1) is 32.0. The highest BCUT2D eigenvalue weighted by molar-refractivity contribution is 6.76. The number of nitrogens with zero attached hydrogens (tertiary/aromatic N) is 8. The average molecular weight is 661 g/mol. The Balaban J connectivity index is 1.19. The maximum Gasteiger partial charge on any atom is 0.319 e. The van der Waals surface area contributed by atoms with E-state index in [9.17, 15) is 4.79 Å². The molecule has 0 saturated carbocycles. The van der Waals surface area contributed by atoms with E-state index in [0.29, 0.717) is 53.1 Å². The molecule has 1 aliphatic rings. The second kappa shape index (κ2) is 13.0. The number of piperidine rings is 1. The summed E-state index contributed by atoms with van der Waals surface area (Å²) >= 11 is 6.90. The van der Waals surface area contributed by atoms with Crippen LogP contribution in [0.15, 0.2) is 48.9 Å². The van der Waals surface area contributed by atoms with Crippen LogP contribution >= 0.6 is 11.6 Å². The third-order valence-corrected chi connectivity index (χ3v) is 10.4. The fraction of sp³-hybridized carbons (Fsp3) is 0.424. The normalized spacial score (nSPS) is 14.4. The largest absolute Gasteiger partial charge is 0.456 e. The molecule has 46 heavy (non-hydrogen) atoms. The summed E-state index contributed by atoms with van der Waals surface area (Å²) in [6, 6.07) is 10.9. The minimum atomic E-state index is -1.17. The predicted octanol–water partition coefficient (Wildman–Crippen LogP) is 7.23. The van der Waals surface area contributed by atoms with Gasteiger partial charge < -0.3 is 23.8 Å². The first-order valence-electron chi connectivity index (χ1n) is 15.7. The summed E-state index contributed by atoms with van der Waals surface area (Å²) in [4.78, 5) is 30.0. The summed E-state index contributed by atoms with van der Waals surface area (Å²) in [7, 11) is 2.39. The number of ether oxygens (including phenoxy) is 2. The van der Waals surface area contributed by atoms with Crippen molar-refractivity contribution in [2.75, 3.05) is 33.8 Å². The van der Waals surface area contributed by atoms with Crippen LogP contribution in [0.2, 0.25) is 30.7 Å². The molecule has 0 radical (unpaired) electrons. The van der Waals surface area contributed by atoms with Crippen molar-refractivity contribution in [2.24, 2.45) is 0 Å². The van der Waals surface area contributed by atoms with Crippen LogP contribution in [-0.4, -0.2) is 87.0 Å². The molecule has 2 aromatic carbocycles. The second-order valence-corrected chi connectivity index (χ2v) is 19.3. The van der Waals surface area contributed by atoms with Gasteiger partial charge in [0.25, 0.3) is 0 Å². The van der Waals surface area contributed by atoms with Crippen LogP contribution in [0, 0.1) is 6.92 Å². The van der Waals surface area contributed by atoms with E-state index >= 15 is 0 Å². The summed E-state index contributed by atoms with van der Waals surface area (Å²) < 4.78 is 16.4. The summed E-state index contributed by atoms with van der Waals surface area (Å²) in [5.74, 6) is 2.02. The number of halogens is 1. The van der Waals surface area contributed by atoms with Crippen LogP contribution in [0.3, 0.4) is 0 Å². The SMILES string of the molecule is Cc1nc2ccc(Oc3ccc4ncc(-c5cnn(C6CCN(C(=O)N(C)C)CC6)c5)nc4c3Cl)cc2n1COCC[Si](C)(C)C. The molecule has 13 heteroatoms. The predicted molar refractivity (Wildman–Crippen MR) is 183 cm³/mol. The number of carbonyl (C=O) groups excluding carboxylic acids is 1. The summed E-state index contributed by atoms with van der Waals surface area (Å²) in [6.07, 6.45) is 7.22. The number of hydrogen-bond acceptors (Lipinski definition) is 7. The minimum absolute atomic E-state index is 0.0475. The zero-order valence-electron chi connectivity index (χ0n) is 27.3. The molecular weight excluding hydrogens is 620 g/mol. The van der Waals surface area contributed by atoms with Gasteiger partial charge in [0.2, 0.25) is 0 Å². The Morgan fingerprint density at radius 3 is 2.57 bits per heavy atom. The Hall–Kier alpha value is -4.00. The molecule has 5 aromatic rings. The molecule has 0 N–H and O–H groups in total. The Bertz CT molecular complexity index is 1870. The zero-order valence-corrected chi connectivity index (χ0v) is 29.1. The van der Waals surface area contributed by atoms with Crippen LogP contribution in [0.1, 0.15) is 24.7 Å². The van der Waals surface area contributed by atoms with Gasteiger partial charge in [-0.3, -0.25) is 9.67 Å². The first-order valence-corrected chi connectivity index (χ1v) is 19.7. The van der Waals surface area contributed by atoms with Crippen molar-refractivity contribution in [3.63, 3.8) is 0 Å². The van der Waals surface area contributed by atoms with Gasteiger partial charge in [0.05, 0.1) is 40.7 Å². The highest BCUT2D eigenvalue weighted by Crippen LogP contribution is 2.36. The van der Waals surface area contributed by atoms with E-state index < -0.39 is 8.07 Å². The molecule has 0 unspecified atom stereocenters. The molecule has 1 fully saturated rings. The van der Waals surface area contributed by atoms with Gasteiger partial charge in [0.1, 0.15) is 34.6 Å². The lowest BCUT2D eigenvalue weighted by molar-refractivity contribution is 0.0885. The standard InChI is InChI=1S/C33H41ClN8O3Si/c1-22-37-26-8-7-25(17-29(26)41(22)21-44-15-16-46(4,5)6)45-30-10-9-27-32(31(30)34)38-28(19-35-27)23-18-36-42(20-23)24-11-13-40(14-12-24)33(43)39(2)3/h7-10,17-20,24H,11-16,21H2,1-6H3. The van der Waals surface area contributed by atoms with Crippen LogP contribution in [0.4, 0.5) is 4.79 Å². The van der Waals surface area contributed by atoms with E-state index in [1.165, 1.54) is 0 Å². The molecule has 11 nitrogen and oxygen atoms in total. The van der Waals surface area contributed by atoms with Crippen molar-refractivity contribution in [1.29, 1.82) is 0 Å². The van der Waals surface area contributed by atoms with Crippen LogP contribution in [0.25, 0.3) is 33.3 Å². The van der Waals surface area contributed by atoms with Gasteiger partial charge in [-0.25, -0.2) is 14.8 Å². The lowest BCUT2D eigenvalue weighted by atomic mass is 10.1. The lowest BCUT2D eigenvalue weighted by Crippen LogP contribution is -2.44. The molecule has 0 bridgehead atoms. The molecule has 2 amide bonds. The molecule has 0 aliphatic carbocycles. The van der Waals surface area contributed by atoms with Crippen molar-refractivity contribution >= 4 is 47.8 Å². The molecule has 0 spiro atoms. The zero-order chi connectivity index (χ0) is 32.6. The fourth-order valence-electron chi connectivity index (χ4n) is 5.63. The molecular formula is C33H41ClN8O3Si. The fourth-order valence-corrected chi connectivity index (χ4v) is 6.63. The smallest absolute Gasteiger partial charge is 0.319 e. The number of aromatic nitrogens is 6. The van der Waals surface area contributed by atoms with E-state index in [-0.39, 0.29) is 12.1 Å². The maximum atomic E-state index is 12.3. The average Bonchev–Trinajstić information content (AvgIpc) is 3.64. The molecule has 1 saturated heterocycles. The van der Waals surface area contributed by atoms with E-state index in [2.05, 4.69) is 34.3 Å². The van der Waals surface area contributed by atoms with E-state index in [4.69, 9.17) is 31.0 Å². The number of imidazole rings is 1. The summed E-state index contributed by atoms with van der Waals surface area (Å²) in [5, 5.41) is 5.01. The molecule has 6 rings (SSSR count). The third kappa shape index (κ3) is 6.88. The highest BCUT2D eigenvalue weighted by atomic mass is 35.5. The van der Waals surface area contributed by atoms with Gasteiger partial charge in [0.15, 0.2) is 0 Å². The topological polar surface area (TPSA) is 103 Å². The number of aryl methyl sites for hydroxylation is 1. The Labute approximate surface area is 275 Å². The number of rotatable bonds is 9. The van der Waals surface area contributed by atoms with Gasteiger partial charge in [0, 0.05) is 59.7 Å². The van der Waals surface area contributed by atoms with Crippen molar-refractivity contribution in [3.05, 3.63) is 59.8 Å². The molecule has 1 aliphatic heterocycles. The van der Waals surface area contributed by atoms with E-state index in [0.717, 1.165) is 47.9 Å². The van der Waals surface area contributed by atoms with Gasteiger partial charge in [-0.15, -0.1) is 0 Å². The van der Waals surface area contributed by atoms with Crippen LogP contribution in [-0.2, 0) is 11.5 Å². The van der Waals surface area contributed by atoms with Crippen molar-refractivity contribution in [1.82, 2.24) is 39.1 Å². The molecule has 4 heterocycles. The number of benzene rings is 2. The molecule has 0 atom stereocenters. The third-order valence-electron chi connectivity index (χ3n) is 8.36. The van der Waals surface area contributed by atoms with Gasteiger partial charge in [-0.2, -0.15) is 5.10 Å². The monoisotopic (exact) mass is 660 g/mol. The first-order chi connectivity index (χ1) is 22.0. The Morgan fingerprint density at radius 1 is 1.07 bits per heavy atom. The van der Waals surface area contributed by atoms with Crippen molar-refractivity contribution in [2.45, 2.75) is 58.2 Å². The van der Waals surface area contributed by atoms with Gasteiger partial charge in [-0.1, -0.05) is 31.2 Å². The van der Waals surface area contributed by atoms with Crippen molar-refractivity contribution < 1.29 is 14.3 Å². The van der Waals surface area contributed by atoms with Gasteiger partial charge >= 0.3 is 6.03 Å². The Morgan fingerprint density at radius 2 is 1.83 bits per heavy atom. The lowest BCUT2D eigenvalue weighted by Gasteiger charge is -2.33. The Kier molecular flexibility index (Phi) is 9.04. The number of hydrogen-bond donors (Lipinski definition) is 0. The number of amides is 2. The number of likely N-dealkylation sites (tertiary alicyclic amines) is 1. The molecule has 3 aromatic heterocycles. The molecule has 242 valence electrons. The highest BCUT2D eigenvalue weighted by Gasteiger charge is 2.25. The van der Waals surface area contributed by atoms with Crippen LogP contribution in [0.5, 0.6) is 11.5 Å². The number of urea groups is 1. The minimum Gasteiger partial charge on any atom is -0.456 e.